The molecule has 23 heavy (non-hydrogen) atoms. The Labute approximate surface area is 139 Å². The molecule has 2 atom stereocenters. The molecule has 0 bridgehead atoms. The first-order valence-electron chi connectivity index (χ1n) is 8.78. The molecule has 2 nitrogen and oxygen atoms in total. The highest BCUT2D eigenvalue weighted by atomic mass is 16.3. The van der Waals surface area contributed by atoms with Crippen molar-refractivity contribution in [2.75, 3.05) is 13.6 Å². The predicted molar refractivity (Wildman–Crippen MR) is 96.0 cm³/mol. The van der Waals surface area contributed by atoms with Gasteiger partial charge in [-0.05, 0) is 86.4 Å². The zero-order valence-corrected chi connectivity index (χ0v) is 14.0. The SMILES string of the molecule is CNCC(CCc1ccccc1)C1CCCc2cc(O)ccc21. The van der Waals surface area contributed by atoms with Gasteiger partial charge < -0.3 is 10.4 Å². The quantitative estimate of drug-likeness (QED) is 0.834. The number of aromatic hydroxyl groups is 1. The second-order valence-electron chi connectivity index (χ2n) is 6.72. The summed E-state index contributed by atoms with van der Waals surface area (Å²) in [5.74, 6) is 1.65. The molecule has 1 aliphatic carbocycles. The largest absolute Gasteiger partial charge is 0.508 e. The van der Waals surface area contributed by atoms with Gasteiger partial charge in [0.1, 0.15) is 5.75 Å². The minimum atomic E-state index is 0.402. The van der Waals surface area contributed by atoms with Crippen LogP contribution in [0, 0.1) is 5.92 Å². The molecule has 122 valence electrons. The van der Waals surface area contributed by atoms with Gasteiger partial charge in [0.2, 0.25) is 0 Å². The Balaban J connectivity index is 1.76. The van der Waals surface area contributed by atoms with E-state index in [1.165, 1.54) is 36.0 Å². The van der Waals surface area contributed by atoms with E-state index in [1.807, 2.05) is 12.1 Å². The highest BCUT2D eigenvalue weighted by Crippen LogP contribution is 2.39. The molecule has 0 amide bonds. The third kappa shape index (κ3) is 3.94. The first kappa shape index (κ1) is 16.1. The van der Waals surface area contributed by atoms with Crippen LogP contribution in [-0.2, 0) is 12.8 Å². The van der Waals surface area contributed by atoms with Gasteiger partial charge in [0.15, 0.2) is 0 Å². The van der Waals surface area contributed by atoms with E-state index < -0.39 is 0 Å². The number of fused-ring (bicyclic) bond motifs is 1. The van der Waals surface area contributed by atoms with E-state index in [0.717, 1.165) is 19.4 Å². The third-order valence-electron chi connectivity index (χ3n) is 5.17. The molecule has 0 radical (unpaired) electrons. The van der Waals surface area contributed by atoms with Crippen LogP contribution in [0.3, 0.4) is 0 Å². The van der Waals surface area contributed by atoms with Crippen molar-refractivity contribution in [3.63, 3.8) is 0 Å². The lowest BCUT2D eigenvalue weighted by Gasteiger charge is -2.32. The first-order chi connectivity index (χ1) is 11.3. The normalized spacial score (nSPS) is 18.4. The van der Waals surface area contributed by atoms with Crippen molar-refractivity contribution in [3.8, 4) is 5.75 Å². The summed E-state index contributed by atoms with van der Waals surface area (Å²) >= 11 is 0. The monoisotopic (exact) mass is 309 g/mol. The van der Waals surface area contributed by atoms with Crippen LogP contribution in [0.4, 0.5) is 0 Å². The van der Waals surface area contributed by atoms with Crippen LogP contribution in [0.2, 0.25) is 0 Å². The lowest BCUT2D eigenvalue weighted by molar-refractivity contribution is 0.347. The van der Waals surface area contributed by atoms with E-state index in [2.05, 4.69) is 48.8 Å². The summed E-state index contributed by atoms with van der Waals surface area (Å²) < 4.78 is 0. The van der Waals surface area contributed by atoms with Crippen LogP contribution < -0.4 is 5.32 Å². The average molecular weight is 309 g/mol. The Morgan fingerprint density at radius 1 is 1.17 bits per heavy atom. The number of rotatable bonds is 6. The number of phenols is 1. The Hall–Kier alpha value is -1.80. The molecule has 0 saturated carbocycles. The lowest BCUT2D eigenvalue weighted by Crippen LogP contribution is -2.27. The molecule has 0 heterocycles. The molecular weight excluding hydrogens is 282 g/mol. The van der Waals surface area contributed by atoms with Gasteiger partial charge in [0, 0.05) is 0 Å². The fourth-order valence-electron chi connectivity index (χ4n) is 4.03. The Morgan fingerprint density at radius 3 is 2.78 bits per heavy atom. The molecule has 2 unspecified atom stereocenters. The van der Waals surface area contributed by atoms with Crippen LogP contribution in [0.5, 0.6) is 5.75 Å². The van der Waals surface area contributed by atoms with Crippen molar-refractivity contribution >= 4 is 0 Å². The maximum absolute atomic E-state index is 9.76. The van der Waals surface area contributed by atoms with Gasteiger partial charge in [-0.15, -0.1) is 0 Å². The number of phenolic OH excluding ortho intramolecular Hbond substituents is 1. The maximum atomic E-state index is 9.76. The van der Waals surface area contributed by atoms with Crippen LogP contribution in [0.25, 0.3) is 0 Å². The summed E-state index contributed by atoms with van der Waals surface area (Å²) in [4.78, 5) is 0. The van der Waals surface area contributed by atoms with Crippen molar-refractivity contribution in [2.45, 2.75) is 38.0 Å². The Morgan fingerprint density at radius 2 is 2.00 bits per heavy atom. The first-order valence-corrected chi connectivity index (χ1v) is 8.78. The van der Waals surface area contributed by atoms with Crippen molar-refractivity contribution in [1.82, 2.24) is 5.32 Å². The fourth-order valence-corrected chi connectivity index (χ4v) is 4.03. The summed E-state index contributed by atoms with van der Waals surface area (Å²) in [6.07, 6.45) is 5.93. The molecule has 0 fully saturated rings. The van der Waals surface area contributed by atoms with Crippen LogP contribution in [0.15, 0.2) is 48.5 Å². The Kier molecular flexibility index (Phi) is 5.35. The van der Waals surface area contributed by atoms with Gasteiger partial charge in [-0.25, -0.2) is 0 Å². The standard InChI is InChI=1S/C21H27NO/c1-22-15-18(11-10-16-6-3-2-4-7-16)20-9-5-8-17-14-19(23)12-13-21(17)20/h2-4,6-7,12-14,18,20,22-23H,5,8-11,15H2,1H3. The summed E-state index contributed by atoms with van der Waals surface area (Å²) in [7, 11) is 2.05. The fraction of sp³-hybridized carbons (Fsp3) is 0.429. The molecule has 2 aromatic rings. The third-order valence-corrected chi connectivity index (χ3v) is 5.17. The second-order valence-corrected chi connectivity index (χ2v) is 6.72. The van der Waals surface area contributed by atoms with Gasteiger partial charge in [0.25, 0.3) is 0 Å². The van der Waals surface area contributed by atoms with Crippen LogP contribution in [0.1, 0.15) is 41.9 Å². The molecule has 2 heteroatoms. The highest BCUT2D eigenvalue weighted by Gasteiger charge is 2.27. The molecule has 0 aromatic heterocycles. The zero-order valence-electron chi connectivity index (χ0n) is 14.0. The topological polar surface area (TPSA) is 32.3 Å². The lowest BCUT2D eigenvalue weighted by atomic mass is 9.74. The summed E-state index contributed by atoms with van der Waals surface area (Å²) in [6.45, 7) is 1.05. The summed E-state index contributed by atoms with van der Waals surface area (Å²) in [5.41, 5.74) is 4.24. The molecule has 2 N–H and O–H groups in total. The van der Waals surface area contributed by atoms with E-state index in [9.17, 15) is 5.11 Å². The van der Waals surface area contributed by atoms with Crippen molar-refractivity contribution < 1.29 is 5.11 Å². The minimum Gasteiger partial charge on any atom is -0.508 e. The van der Waals surface area contributed by atoms with Gasteiger partial charge in [-0.3, -0.25) is 0 Å². The molecular formula is C21H27NO. The average Bonchev–Trinajstić information content (AvgIpc) is 2.59. The minimum absolute atomic E-state index is 0.402. The highest BCUT2D eigenvalue weighted by molar-refractivity contribution is 5.39. The van der Waals surface area contributed by atoms with Crippen molar-refractivity contribution in [2.24, 2.45) is 5.92 Å². The van der Waals surface area contributed by atoms with E-state index >= 15 is 0 Å². The number of nitrogens with one attached hydrogen (secondary N) is 1. The number of hydrogen-bond donors (Lipinski definition) is 2. The molecule has 0 saturated heterocycles. The Bertz CT molecular complexity index is 623. The van der Waals surface area contributed by atoms with E-state index in [4.69, 9.17) is 0 Å². The number of hydrogen-bond acceptors (Lipinski definition) is 2. The van der Waals surface area contributed by atoms with Gasteiger partial charge in [-0.2, -0.15) is 0 Å². The van der Waals surface area contributed by atoms with Crippen LogP contribution in [-0.4, -0.2) is 18.7 Å². The van der Waals surface area contributed by atoms with E-state index in [1.54, 1.807) is 0 Å². The van der Waals surface area contributed by atoms with E-state index in [-0.39, 0.29) is 0 Å². The van der Waals surface area contributed by atoms with Gasteiger partial charge >= 0.3 is 0 Å². The van der Waals surface area contributed by atoms with Crippen molar-refractivity contribution in [3.05, 3.63) is 65.2 Å². The van der Waals surface area contributed by atoms with Crippen LogP contribution >= 0.6 is 0 Å². The molecule has 2 aromatic carbocycles. The zero-order chi connectivity index (χ0) is 16.1. The van der Waals surface area contributed by atoms with Gasteiger partial charge in [0.05, 0.1) is 0 Å². The summed E-state index contributed by atoms with van der Waals surface area (Å²) in [5, 5.41) is 13.2. The molecule has 0 aliphatic heterocycles. The predicted octanol–water partition coefficient (Wildman–Crippen LogP) is 4.28. The van der Waals surface area contributed by atoms with E-state index in [0.29, 0.717) is 17.6 Å². The van der Waals surface area contributed by atoms with Crippen molar-refractivity contribution in [1.29, 1.82) is 0 Å². The smallest absolute Gasteiger partial charge is 0.115 e. The van der Waals surface area contributed by atoms with Gasteiger partial charge in [-0.1, -0.05) is 36.4 Å². The molecule has 0 spiro atoms. The summed E-state index contributed by atoms with van der Waals surface area (Å²) in [6, 6.07) is 16.8. The maximum Gasteiger partial charge on any atom is 0.115 e. The molecule has 1 aliphatic rings. The second kappa shape index (κ2) is 7.65. The number of aryl methyl sites for hydroxylation is 2. The molecule has 3 rings (SSSR count). The number of benzene rings is 2.